The van der Waals surface area contributed by atoms with Crippen LogP contribution in [-0.2, 0) is 0 Å². The van der Waals surface area contributed by atoms with Gasteiger partial charge < -0.3 is 5.11 Å². The Morgan fingerprint density at radius 1 is 1.40 bits per heavy atom. The average Bonchev–Trinajstić information content (AvgIpc) is 1.87. The summed E-state index contributed by atoms with van der Waals surface area (Å²) in [7, 11) is 0. The first-order valence-electron chi connectivity index (χ1n) is 3.55. The summed E-state index contributed by atoms with van der Waals surface area (Å²) in [4.78, 5) is 0. The molecule has 0 spiro atoms. The SMILES string of the molecule is CCCC(O)C(Cl)C(C)Cl. The molecule has 62 valence electrons. The van der Waals surface area contributed by atoms with Gasteiger partial charge in [-0.15, -0.1) is 23.2 Å². The summed E-state index contributed by atoms with van der Waals surface area (Å²) >= 11 is 11.4. The van der Waals surface area contributed by atoms with Crippen molar-refractivity contribution in [2.45, 2.75) is 43.5 Å². The standard InChI is InChI=1S/C7H14Cl2O/c1-3-4-6(10)7(9)5(2)8/h5-7,10H,3-4H2,1-2H3. The van der Waals surface area contributed by atoms with E-state index in [-0.39, 0.29) is 10.8 Å². The fourth-order valence-electron chi connectivity index (χ4n) is 0.761. The number of alkyl halides is 2. The van der Waals surface area contributed by atoms with Crippen molar-refractivity contribution < 1.29 is 5.11 Å². The summed E-state index contributed by atoms with van der Waals surface area (Å²) in [6.07, 6.45) is 1.21. The van der Waals surface area contributed by atoms with Gasteiger partial charge in [-0.1, -0.05) is 13.3 Å². The van der Waals surface area contributed by atoms with Crippen LogP contribution in [0, 0.1) is 0 Å². The lowest BCUT2D eigenvalue weighted by molar-refractivity contribution is 0.157. The molecule has 1 N–H and O–H groups in total. The molecule has 10 heavy (non-hydrogen) atoms. The molecule has 0 saturated carbocycles. The van der Waals surface area contributed by atoms with E-state index in [0.29, 0.717) is 0 Å². The van der Waals surface area contributed by atoms with E-state index in [9.17, 15) is 5.11 Å². The van der Waals surface area contributed by atoms with E-state index in [2.05, 4.69) is 0 Å². The second kappa shape index (κ2) is 5.22. The fraction of sp³-hybridized carbons (Fsp3) is 1.00. The molecule has 0 aromatic carbocycles. The molecule has 3 atom stereocenters. The van der Waals surface area contributed by atoms with Gasteiger partial charge in [0.15, 0.2) is 0 Å². The van der Waals surface area contributed by atoms with Crippen LogP contribution in [0.3, 0.4) is 0 Å². The number of hydrogen-bond donors (Lipinski definition) is 1. The van der Waals surface area contributed by atoms with Crippen molar-refractivity contribution >= 4 is 23.2 Å². The topological polar surface area (TPSA) is 20.2 Å². The van der Waals surface area contributed by atoms with E-state index in [0.717, 1.165) is 12.8 Å². The van der Waals surface area contributed by atoms with Crippen molar-refractivity contribution in [3.63, 3.8) is 0 Å². The van der Waals surface area contributed by atoms with Crippen LogP contribution in [0.25, 0.3) is 0 Å². The smallest absolute Gasteiger partial charge is 0.0755 e. The van der Waals surface area contributed by atoms with Crippen molar-refractivity contribution in [1.82, 2.24) is 0 Å². The maximum absolute atomic E-state index is 9.27. The predicted octanol–water partition coefficient (Wildman–Crippen LogP) is 2.38. The zero-order chi connectivity index (χ0) is 8.15. The summed E-state index contributed by atoms with van der Waals surface area (Å²) in [6, 6.07) is 0. The summed E-state index contributed by atoms with van der Waals surface area (Å²) in [5.41, 5.74) is 0. The molecule has 0 aromatic rings. The highest BCUT2D eigenvalue weighted by atomic mass is 35.5. The number of halogens is 2. The summed E-state index contributed by atoms with van der Waals surface area (Å²) in [6.45, 7) is 3.80. The summed E-state index contributed by atoms with van der Waals surface area (Å²) in [5.74, 6) is 0. The Morgan fingerprint density at radius 2 is 1.90 bits per heavy atom. The van der Waals surface area contributed by atoms with Gasteiger partial charge in [-0.25, -0.2) is 0 Å². The Hall–Kier alpha value is 0.540. The highest BCUT2D eigenvalue weighted by Crippen LogP contribution is 2.16. The molecule has 0 radical (unpaired) electrons. The Morgan fingerprint density at radius 3 is 2.20 bits per heavy atom. The highest BCUT2D eigenvalue weighted by Gasteiger charge is 2.19. The first-order chi connectivity index (χ1) is 4.59. The molecule has 1 nitrogen and oxygen atoms in total. The van der Waals surface area contributed by atoms with Crippen molar-refractivity contribution in [3.05, 3.63) is 0 Å². The molecule has 0 bridgehead atoms. The normalized spacial score (nSPS) is 20.1. The van der Waals surface area contributed by atoms with Crippen LogP contribution in [0.5, 0.6) is 0 Å². The Bertz CT molecular complexity index is 85.7. The summed E-state index contributed by atoms with van der Waals surface area (Å²) < 4.78 is 0. The van der Waals surface area contributed by atoms with Crippen LogP contribution < -0.4 is 0 Å². The maximum Gasteiger partial charge on any atom is 0.0755 e. The van der Waals surface area contributed by atoms with Gasteiger partial charge in [-0.3, -0.25) is 0 Å². The van der Waals surface area contributed by atoms with Gasteiger partial charge in [-0.2, -0.15) is 0 Å². The first kappa shape index (κ1) is 10.5. The average molecular weight is 185 g/mol. The monoisotopic (exact) mass is 184 g/mol. The van der Waals surface area contributed by atoms with Gasteiger partial charge in [0, 0.05) is 5.38 Å². The Kier molecular flexibility index (Phi) is 5.51. The van der Waals surface area contributed by atoms with Crippen LogP contribution in [0.2, 0.25) is 0 Å². The Balaban J connectivity index is 3.58. The van der Waals surface area contributed by atoms with Crippen molar-refractivity contribution in [1.29, 1.82) is 0 Å². The molecular weight excluding hydrogens is 171 g/mol. The minimum atomic E-state index is -0.459. The van der Waals surface area contributed by atoms with E-state index >= 15 is 0 Å². The zero-order valence-electron chi connectivity index (χ0n) is 6.35. The lowest BCUT2D eigenvalue weighted by atomic mass is 10.1. The van der Waals surface area contributed by atoms with Crippen LogP contribution in [0.1, 0.15) is 26.7 Å². The van der Waals surface area contributed by atoms with Gasteiger partial charge in [-0.05, 0) is 13.3 Å². The van der Waals surface area contributed by atoms with E-state index in [1.165, 1.54) is 0 Å². The highest BCUT2D eigenvalue weighted by molar-refractivity contribution is 6.30. The van der Waals surface area contributed by atoms with Gasteiger partial charge in [0.1, 0.15) is 0 Å². The third-order valence-electron chi connectivity index (χ3n) is 1.39. The fourth-order valence-corrected chi connectivity index (χ4v) is 1.06. The number of aliphatic hydroxyl groups is 1. The predicted molar refractivity (Wildman–Crippen MR) is 45.9 cm³/mol. The molecule has 3 unspecified atom stereocenters. The second-order valence-electron chi connectivity index (χ2n) is 2.48. The minimum Gasteiger partial charge on any atom is -0.392 e. The van der Waals surface area contributed by atoms with Gasteiger partial charge >= 0.3 is 0 Å². The third kappa shape index (κ3) is 3.65. The number of aliphatic hydroxyl groups excluding tert-OH is 1. The van der Waals surface area contributed by atoms with Crippen LogP contribution in [-0.4, -0.2) is 22.0 Å². The lowest BCUT2D eigenvalue weighted by Gasteiger charge is -2.17. The number of hydrogen-bond acceptors (Lipinski definition) is 1. The van der Waals surface area contributed by atoms with Crippen LogP contribution >= 0.6 is 23.2 Å². The molecule has 0 aromatic heterocycles. The van der Waals surface area contributed by atoms with E-state index in [4.69, 9.17) is 23.2 Å². The van der Waals surface area contributed by atoms with E-state index < -0.39 is 6.10 Å². The second-order valence-corrected chi connectivity index (χ2v) is 3.67. The zero-order valence-corrected chi connectivity index (χ0v) is 7.86. The van der Waals surface area contributed by atoms with E-state index in [1.54, 1.807) is 6.92 Å². The molecule has 0 aliphatic heterocycles. The van der Waals surface area contributed by atoms with Gasteiger partial charge in [0.05, 0.1) is 11.5 Å². The van der Waals surface area contributed by atoms with Crippen LogP contribution in [0.4, 0.5) is 0 Å². The molecule has 0 heterocycles. The molecule has 0 rings (SSSR count). The molecule has 0 aliphatic rings. The van der Waals surface area contributed by atoms with Gasteiger partial charge in [0.2, 0.25) is 0 Å². The van der Waals surface area contributed by atoms with Crippen LogP contribution in [0.15, 0.2) is 0 Å². The van der Waals surface area contributed by atoms with E-state index in [1.807, 2.05) is 6.92 Å². The third-order valence-corrected chi connectivity index (χ3v) is 2.46. The van der Waals surface area contributed by atoms with Crippen molar-refractivity contribution in [2.75, 3.05) is 0 Å². The minimum absolute atomic E-state index is 0.164. The molecule has 0 saturated heterocycles. The first-order valence-corrected chi connectivity index (χ1v) is 4.43. The van der Waals surface area contributed by atoms with Crippen molar-refractivity contribution in [3.8, 4) is 0 Å². The molecular formula is C7H14Cl2O. The summed E-state index contributed by atoms with van der Waals surface area (Å²) in [5, 5.41) is 8.79. The molecule has 0 fully saturated rings. The molecule has 3 heteroatoms. The lowest BCUT2D eigenvalue weighted by Crippen LogP contribution is -2.27. The molecule has 0 aliphatic carbocycles. The maximum atomic E-state index is 9.27. The molecule has 0 amide bonds. The number of rotatable bonds is 4. The van der Waals surface area contributed by atoms with Crippen molar-refractivity contribution in [2.24, 2.45) is 0 Å². The quantitative estimate of drug-likeness (QED) is 0.666. The van der Waals surface area contributed by atoms with Gasteiger partial charge in [0.25, 0.3) is 0 Å². The Labute approximate surface area is 72.3 Å². The largest absolute Gasteiger partial charge is 0.392 e.